The molecule has 0 saturated carbocycles. The van der Waals surface area contributed by atoms with Gasteiger partial charge in [0.25, 0.3) is 11.8 Å². The maximum Gasteiger partial charge on any atom is 0.490 e. The predicted octanol–water partition coefficient (Wildman–Crippen LogP) is 0.521. The molecule has 1 atom stereocenters. The van der Waals surface area contributed by atoms with Crippen molar-refractivity contribution in [2.24, 2.45) is 5.73 Å². The second kappa shape index (κ2) is 10.5. The first-order valence-electron chi connectivity index (χ1n) is 7.67. The number of halogens is 3. The number of nitrogens with two attached hydrogens (primary N) is 1. The topological polar surface area (TPSA) is 121 Å². The number of nitrogens with zero attached hydrogens (tertiary/aromatic N) is 2. The van der Waals surface area contributed by atoms with Crippen LogP contribution >= 0.6 is 0 Å². The van der Waals surface area contributed by atoms with Crippen LogP contribution in [0.3, 0.4) is 0 Å². The SMILES string of the molecule is CN(C)C(=O)CCCC[C@H](CN)N1C(=O)C=CC1=O.O=C(O)C(F)(F)F. The van der Waals surface area contributed by atoms with Crippen molar-refractivity contribution < 1.29 is 37.5 Å². The highest BCUT2D eigenvalue weighted by Gasteiger charge is 2.38. The van der Waals surface area contributed by atoms with Gasteiger partial charge >= 0.3 is 12.1 Å². The largest absolute Gasteiger partial charge is 0.490 e. The third kappa shape index (κ3) is 8.10. The van der Waals surface area contributed by atoms with Gasteiger partial charge in [0.05, 0.1) is 6.04 Å². The van der Waals surface area contributed by atoms with Crippen molar-refractivity contribution in [1.29, 1.82) is 0 Å². The molecule has 11 heteroatoms. The number of carboxylic acids is 1. The van der Waals surface area contributed by atoms with E-state index in [0.717, 1.165) is 12.8 Å². The summed E-state index contributed by atoms with van der Waals surface area (Å²) in [7, 11) is 3.44. The van der Waals surface area contributed by atoms with Gasteiger partial charge in [-0.2, -0.15) is 13.2 Å². The number of hydrogen-bond acceptors (Lipinski definition) is 5. The van der Waals surface area contributed by atoms with E-state index in [4.69, 9.17) is 15.6 Å². The third-order valence-electron chi connectivity index (χ3n) is 3.40. The monoisotopic (exact) mass is 381 g/mol. The molecule has 26 heavy (non-hydrogen) atoms. The van der Waals surface area contributed by atoms with Crippen molar-refractivity contribution in [3.8, 4) is 0 Å². The van der Waals surface area contributed by atoms with Gasteiger partial charge < -0.3 is 15.7 Å². The van der Waals surface area contributed by atoms with Gasteiger partial charge in [-0.25, -0.2) is 4.79 Å². The Kier molecular flexibility index (Phi) is 9.55. The number of amides is 3. The van der Waals surface area contributed by atoms with Crippen LogP contribution in [0.25, 0.3) is 0 Å². The van der Waals surface area contributed by atoms with Gasteiger partial charge in [0, 0.05) is 39.2 Å². The number of carbonyl (C=O) groups is 4. The number of aliphatic carboxylic acids is 1. The lowest BCUT2D eigenvalue weighted by molar-refractivity contribution is -0.192. The maximum absolute atomic E-state index is 11.5. The van der Waals surface area contributed by atoms with Crippen molar-refractivity contribution >= 4 is 23.7 Å². The molecule has 1 heterocycles. The molecule has 1 aliphatic rings. The van der Waals surface area contributed by atoms with Crippen LogP contribution in [0, 0.1) is 0 Å². The van der Waals surface area contributed by atoms with Crippen molar-refractivity contribution in [1.82, 2.24) is 9.80 Å². The van der Waals surface area contributed by atoms with Gasteiger partial charge in [-0.1, -0.05) is 6.42 Å². The molecule has 0 bridgehead atoms. The lowest BCUT2D eigenvalue weighted by Gasteiger charge is -2.24. The molecule has 148 valence electrons. The van der Waals surface area contributed by atoms with Gasteiger partial charge in [0.2, 0.25) is 5.91 Å². The van der Waals surface area contributed by atoms with Gasteiger partial charge in [-0.3, -0.25) is 19.3 Å². The Hall–Kier alpha value is -2.43. The van der Waals surface area contributed by atoms with Crippen molar-refractivity contribution in [2.75, 3.05) is 20.6 Å². The summed E-state index contributed by atoms with van der Waals surface area (Å²) >= 11 is 0. The van der Waals surface area contributed by atoms with Crippen LogP contribution in [0.2, 0.25) is 0 Å². The Morgan fingerprint density at radius 3 is 2.00 bits per heavy atom. The van der Waals surface area contributed by atoms with E-state index >= 15 is 0 Å². The Balaban J connectivity index is 0.000000758. The molecule has 8 nitrogen and oxygen atoms in total. The van der Waals surface area contributed by atoms with E-state index in [1.165, 1.54) is 17.1 Å². The standard InChI is InChI=1S/C13H21N3O3.C2HF3O2/c1-15(2)11(17)6-4-3-5-10(9-14)16-12(18)7-8-13(16)19;3-2(4,5)1(6)7/h7-8,10H,3-6,9,14H2,1-2H3;(H,6,7)/t10-;/m1./s1. The van der Waals surface area contributed by atoms with E-state index in [0.29, 0.717) is 12.8 Å². The smallest absolute Gasteiger partial charge is 0.475 e. The first-order chi connectivity index (χ1) is 11.9. The quantitative estimate of drug-likeness (QED) is 0.490. The fraction of sp³-hybridized carbons (Fsp3) is 0.600. The molecule has 0 fully saturated rings. The number of carbonyl (C=O) groups excluding carboxylic acids is 3. The van der Waals surface area contributed by atoms with Crippen LogP contribution in [0.15, 0.2) is 12.2 Å². The van der Waals surface area contributed by atoms with Gasteiger partial charge in [-0.05, 0) is 12.8 Å². The van der Waals surface area contributed by atoms with Gasteiger partial charge in [0.1, 0.15) is 0 Å². The van der Waals surface area contributed by atoms with Crippen LogP contribution in [0.1, 0.15) is 25.7 Å². The van der Waals surface area contributed by atoms with E-state index in [1.807, 2.05) is 0 Å². The highest BCUT2D eigenvalue weighted by atomic mass is 19.4. The number of hydrogen-bond donors (Lipinski definition) is 2. The van der Waals surface area contributed by atoms with Gasteiger partial charge in [-0.15, -0.1) is 0 Å². The molecule has 0 radical (unpaired) electrons. The number of unbranched alkanes of at least 4 members (excludes halogenated alkanes) is 1. The Bertz CT molecular complexity index is 543. The average Bonchev–Trinajstić information content (AvgIpc) is 2.86. The number of alkyl halides is 3. The summed E-state index contributed by atoms with van der Waals surface area (Å²) in [6.07, 6.45) is 0.0532. The first-order valence-corrected chi connectivity index (χ1v) is 7.67. The van der Waals surface area contributed by atoms with E-state index in [9.17, 15) is 27.6 Å². The summed E-state index contributed by atoms with van der Waals surface area (Å²) in [4.78, 5) is 46.1. The molecule has 3 N–H and O–H groups in total. The van der Waals surface area contributed by atoms with Crippen LogP contribution in [-0.4, -0.2) is 71.5 Å². The van der Waals surface area contributed by atoms with E-state index < -0.39 is 12.1 Å². The molecule has 0 aromatic carbocycles. The summed E-state index contributed by atoms with van der Waals surface area (Å²) in [6.45, 7) is 0.251. The van der Waals surface area contributed by atoms with Crippen LogP contribution in [0.4, 0.5) is 13.2 Å². The van der Waals surface area contributed by atoms with Crippen molar-refractivity contribution in [2.45, 2.75) is 37.9 Å². The molecule has 3 amide bonds. The summed E-state index contributed by atoms with van der Waals surface area (Å²) in [5.74, 6) is -3.28. The van der Waals surface area contributed by atoms with Gasteiger partial charge in [0.15, 0.2) is 0 Å². The predicted molar refractivity (Wildman–Crippen MR) is 84.7 cm³/mol. The zero-order valence-corrected chi connectivity index (χ0v) is 14.5. The lowest BCUT2D eigenvalue weighted by Crippen LogP contribution is -2.44. The minimum absolute atomic E-state index is 0.0827. The number of rotatable bonds is 7. The van der Waals surface area contributed by atoms with E-state index in [1.54, 1.807) is 19.0 Å². The molecule has 0 saturated heterocycles. The molecule has 0 unspecified atom stereocenters. The molecule has 0 spiro atoms. The van der Waals surface area contributed by atoms with Crippen LogP contribution in [0.5, 0.6) is 0 Å². The molecule has 0 aromatic heterocycles. The average molecular weight is 381 g/mol. The normalized spacial score (nSPS) is 14.8. The first kappa shape index (κ1) is 23.6. The molecule has 0 aromatic rings. The highest BCUT2D eigenvalue weighted by Crippen LogP contribution is 2.15. The zero-order chi connectivity index (χ0) is 20.5. The summed E-state index contributed by atoms with van der Waals surface area (Å²) in [5, 5.41) is 7.12. The molecule has 0 aliphatic carbocycles. The number of carboxylic acid groups (broad SMARTS) is 1. The second-order valence-electron chi connectivity index (χ2n) is 5.61. The van der Waals surface area contributed by atoms with Crippen molar-refractivity contribution in [3.05, 3.63) is 12.2 Å². The zero-order valence-electron chi connectivity index (χ0n) is 14.5. The fourth-order valence-electron chi connectivity index (χ4n) is 2.00. The van der Waals surface area contributed by atoms with Crippen LogP contribution in [-0.2, 0) is 19.2 Å². The molecular formula is C15H22F3N3O5. The lowest BCUT2D eigenvalue weighted by atomic mass is 10.1. The molecule has 1 aliphatic heterocycles. The highest BCUT2D eigenvalue weighted by molar-refractivity contribution is 6.13. The fourth-order valence-corrected chi connectivity index (χ4v) is 2.00. The number of imide groups is 1. The Morgan fingerprint density at radius 2 is 1.65 bits per heavy atom. The Labute approximate surface area is 148 Å². The maximum atomic E-state index is 11.5. The Morgan fingerprint density at radius 1 is 1.19 bits per heavy atom. The van der Waals surface area contributed by atoms with Crippen LogP contribution < -0.4 is 5.73 Å². The third-order valence-corrected chi connectivity index (χ3v) is 3.40. The summed E-state index contributed by atoms with van der Waals surface area (Å²) in [5.41, 5.74) is 5.62. The summed E-state index contributed by atoms with van der Waals surface area (Å²) < 4.78 is 31.7. The van der Waals surface area contributed by atoms with Crippen molar-refractivity contribution in [3.63, 3.8) is 0 Å². The molecular weight excluding hydrogens is 359 g/mol. The van der Waals surface area contributed by atoms with E-state index in [-0.39, 0.29) is 30.3 Å². The minimum Gasteiger partial charge on any atom is -0.475 e. The summed E-state index contributed by atoms with van der Waals surface area (Å²) in [6, 6.07) is -0.274. The minimum atomic E-state index is -5.08. The second-order valence-corrected chi connectivity index (χ2v) is 5.61. The molecule has 1 rings (SSSR count). The van der Waals surface area contributed by atoms with E-state index in [2.05, 4.69) is 0 Å².